The Labute approximate surface area is 188 Å². The van der Waals surface area contributed by atoms with Crippen LogP contribution < -0.4 is 14.8 Å². The molecule has 31 heavy (non-hydrogen) atoms. The smallest absolute Gasteiger partial charge is 0.203 e. The van der Waals surface area contributed by atoms with E-state index in [9.17, 15) is 4.79 Å². The molecule has 2 aromatic rings. The fourth-order valence-corrected chi connectivity index (χ4v) is 4.17. The molecule has 2 aromatic carbocycles. The fraction of sp³-hybridized carbons (Fsp3) is 0.375. The summed E-state index contributed by atoms with van der Waals surface area (Å²) in [5.74, 6) is 0.686. The Hall–Kier alpha value is -2.77. The van der Waals surface area contributed by atoms with Crippen molar-refractivity contribution < 1.29 is 19.0 Å². The van der Waals surface area contributed by atoms with Gasteiger partial charge in [-0.15, -0.1) is 0 Å². The largest absolute Gasteiger partial charge is 0.497 e. The van der Waals surface area contributed by atoms with Gasteiger partial charge in [0.15, 0.2) is 0 Å². The van der Waals surface area contributed by atoms with E-state index in [1.807, 2.05) is 30.3 Å². The highest BCUT2D eigenvalue weighted by molar-refractivity contribution is 7.79. The molecule has 0 radical (unpaired) electrons. The van der Waals surface area contributed by atoms with Crippen molar-refractivity contribution in [2.45, 2.75) is 18.9 Å². The van der Waals surface area contributed by atoms with Crippen LogP contribution in [0.4, 0.5) is 5.69 Å². The lowest BCUT2D eigenvalue weighted by atomic mass is 9.81. The number of rotatable bonds is 10. The molecule has 2 N–H and O–H groups in total. The summed E-state index contributed by atoms with van der Waals surface area (Å²) in [6.45, 7) is 1.27. The van der Waals surface area contributed by atoms with Crippen LogP contribution in [0.25, 0.3) is 0 Å². The van der Waals surface area contributed by atoms with E-state index in [4.69, 9.17) is 31.8 Å². The van der Waals surface area contributed by atoms with E-state index in [0.717, 1.165) is 18.4 Å². The maximum absolute atomic E-state index is 13.6. The standard InChI is InChI=1S/C24H28N2O4S/c1-28-19-12-18(13-20(14-19)29-2)26-23(17-6-4-3-5-7-17)24(27)22(25)21(15-31)16-8-10-30-11-9-16/h3-7,12-16,21,23,25-26H,8-11H2,1-2H3. The number of carbonyl (C=O) groups is 1. The summed E-state index contributed by atoms with van der Waals surface area (Å²) in [5, 5.41) is 13.6. The molecule has 7 heteroatoms. The van der Waals surface area contributed by atoms with Crippen molar-refractivity contribution in [1.29, 1.82) is 5.41 Å². The van der Waals surface area contributed by atoms with Crippen LogP contribution >= 0.6 is 12.2 Å². The summed E-state index contributed by atoms with van der Waals surface area (Å²) in [6, 6.07) is 14.0. The normalized spacial score (nSPS) is 16.1. The Balaban J connectivity index is 1.91. The lowest BCUT2D eigenvalue weighted by Crippen LogP contribution is -2.37. The minimum Gasteiger partial charge on any atom is -0.497 e. The molecule has 0 amide bonds. The first-order valence-electron chi connectivity index (χ1n) is 10.3. The number of nitrogens with one attached hydrogen (secondary N) is 2. The van der Waals surface area contributed by atoms with Crippen molar-refractivity contribution in [2.24, 2.45) is 11.8 Å². The zero-order valence-electron chi connectivity index (χ0n) is 17.8. The number of hydrogen-bond donors (Lipinski definition) is 2. The quantitative estimate of drug-likeness (QED) is 0.419. The van der Waals surface area contributed by atoms with Gasteiger partial charge in [0, 0.05) is 43.0 Å². The van der Waals surface area contributed by atoms with E-state index < -0.39 is 6.04 Å². The van der Waals surface area contributed by atoms with Crippen LogP contribution in [0.5, 0.6) is 11.5 Å². The monoisotopic (exact) mass is 440 g/mol. The lowest BCUT2D eigenvalue weighted by Gasteiger charge is -2.29. The molecule has 0 aliphatic carbocycles. The molecular formula is C24H28N2O4S. The summed E-state index contributed by atoms with van der Waals surface area (Å²) in [6.07, 6.45) is 1.59. The number of methoxy groups -OCH3 is 2. The molecule has 1 heterocycles. The van der Waals surface area contributed by atoms with Crippen molar-refractivity contribution in [2.75, 3.05) is 32.8 Å². The van der Waals surface area contributed by atoms with E-state index in [2.05, 4.69) is 5.32 Å². The average Bonchev–Trinajstić information content (AvgIpc) is 2.83. The molecule has 164 valence electrons. The highest BCUT2D eigenvalue weighted by atomic mass is 32.1. The first kappa shape index (κ1) is 22.9. The van der Waals surface area contributed by atoms with Gasteiger partial charge in [0.25, 0.3) is 0 Å². The summed E-state index contributed by atoms with van der Waals surface area (Å²) in [5.41, 5.74) is 1.46. The second-order valence-corrected chi connectivity index (χ2v) is 7.75. The van der Waals surface area contributed by atoms with Crippen LogP contribution in [0.15, 0.2) is 48.5 Å². The van der Waals surface area contributed by atoms with Crippen molar-refractivity contribution in [3.63, 3.8) is 0 Å². The molecule has 1 saturated heterocycles. The van der Waals surface area contributed by atoms with Crippen molar-refractivity contribution >= 4 is 34.8 Å². The first-order chi connectivity index (χ1) is 15.1. The second kappa shape index (κ2) is 11.0. The third-order valence-corrected chi connectivity index (χ3v) is 5.87. The van der Waals surface area contributed by atoms with E-state index in [-0.39, 0.29) is 23.3 Å². The summed E-state index contributed by atoms with van der Waals surface area (Å²) >= 11 is 5.24. The van der Waals surface area contributed by atoms with Gasteiger partial charge in [0.2, 0.25) is 5.78 Å². The summed E-state index contributed by atoms with van der Waals surface area (Å²) in [7, 11) is 3.15. The average molecular weight is 441 g/mol. The van der Waals surface area contributed by atoms with Crippen molar-refractivity contribution in [3.8, 4) is 11.5 Å². The molecule has 3 rings (SSSR count). The van der Waals surface area contributed by atoms with Gasteiger partial charge in [-0.25, -0.2) is 0 Å². The third kappa shape index (κ3) is 5.68. The number of Topliss-reactive ketones (excluding diaryl/α,β-unsaturated/α-hetero) is 1. The molecule has 1 aliphatic heterocycles. The van der Waals surface area contributed by atoms with Crippen LogP contribution in [0.1, 0.15) is 24.4 Å². The number of hydrogen-bond acceptors (Lipinski definition) is 7. The van der Waals surface area contributed by atoms with E-state index in [1.165, 1.54) is 0 Å². The van der Waals surface area contributed by atoms with E-state index in [0.29, 0.717) is 30.4 Å². The molecule has 0 aromatic heterocycles. The van der Waals surface area contributed by atoms with Crippen LogP contribution in [-0.2, 0) is 9.53 Å². The lowest BCUT2D eigenvalue weighted by molar-refractivity contribution is -0.114. The maximum atomic E-state index is 13.6. The number of carbonyl (C=O) groups excluding carboxylic acids is 1. The Morgan fingerprint density at radius 3 is 2.29 bits per heavy atom. The SMILES string of the molecule is COc1cc(NC(C(=O)C(=N)C(C=S)C2CCOCC2)c2ccccc2)cc(OC)c1. The van der Waals surface area contributed by atoms with E-state index >= 15 is 0 Å². The zero-order chi connectivity index (χ0) is 22.2. The Kier molecular flexibility index (Phi) is 8.14. The van der Waals surface area contributed by atoms with Crippen LogP contribution in [0.3, 0.4) is 0 Å². The summed E-state index contributed by atoms with van der Waals surface area (Å²) in [4.78, 5) is 13.6. The zero-order valence-corrected chi connectivity index (χ0v) is 18.6. The Morgan fingerprint density at radius 2 is 1.74 bits per heavy atom. The third-order valence-electron chi connectivity index (χ3n) is 5.58. The summed E-state index contributed by atoms with van der Waals surface area (Å²) < 4.78 is 16.1. The van der Waals surface area contributed by atoms with Gasteiger partial charge in [-0.3, -0.25) is 4.79 Å². The van der Waals surface area contributed by atoms with Crippen molar-refractivity contribution in [3.05, 3.63) is 54.1 Å². The molecule has 1 fully saturated rings. The van der Waals surface area contributed by atoms with Gasteiger partial charge in [-0.05, 0) is 29.7 Å². The van der Waals surface area contributed by atoms with Gasteiger partial charge < -0.3 is 24.9 Å². The molecule has 0 saturated carbocycles. The highest BCUT2D eigenvalue weighted by Crippen LogP contribution is 2.31. The number of thiocarbonyl (C=S) groups is 1. The topological polar surface area (TPSA) is 80.6 Å². The Morgan fingerprint density at radius 1 is 1.13 bits per heavy atom. The number of benzene rings is 2. The minimum absolute atomic E-state index is 0.0260. The first-order valence-corrected chi connectivity index (χ1v) is 10.7. The van der Waals surface area contributed by atoms with Gasteiger partial charge >= 0.3 is 0 Å². The Bertz CT molecular complexity index is 891. The fourth-order valence-electron chi connectivity index (χ4n) is 3.81. The van der Waals surface area contributed by atoms with Gasteiger partial charge in [-0.2, -0.15) is 0 Å². The molecular weight excluding hydrogens is 412 g/mol. The maximum Gasteiger partial charge on any atom is 0.203 e. The molecule has 2 atom stereocenters. The number of ketones is 1. The molecule has 2 unspecified atom stereocenters. The van der Waals surface area contributed by atoms with E-state index in [1.54, 1.807) is 37.8 Å². The molecule has 0 bridgehead atoms. The van der Waals surface area contributed by atoms with Crippen LogP contribution in [0, 0.1) is 17.2 Å². The second-order valence-electron chi connectivity index (χ2n) is 7.48. The molecule has 0 spiro atoms. The number of ether oxygens (including phenoxy) is 3. The van der Waals surface area contributed by atoms with Gasteiger partial charge in [-0.1, -0.05) is 42.5 Å². The number of anilines is 1. The van der Waals surface area contributed by atoms with Gasteiger partial charge in [0.05, 0.1) is 19.9 Å². The predicted molar refractivity (Wildman–Crippen MR) is 126 cm³/mol. The molecule has 1 aliphatic rings. The van der Waals surface area contributed by atoms with Crippen molar-refractivity contribution in [1.82, 2.24) is 0 Å². The highest BCUT2D eigenvalue weighted by Gasteiger charge is 2.33. The predicted octanol–water partition coefficient (Wildman–Crippen LogP) is 4.49. The minimum atomic E-state index is -0.734. The van der Waals surface area contributed by atoms with Gasteiger partial charge in [0.1, 0.15) is 17.5 Å². The van der Waals surface area contributed by atoms with Crippen LogP contribution in [0.2, 0.25) is 0 Å². The van der Waals surface area contributed by atoms with Crippen LogP contribution in [-0.4, -0.2) is 44.3 Å². The molecule has 6 nitrogen and oxygen atoms in total.